The molecule has 0 bridgehead atoms. The van der Waals surface area contributed by atoms with E-state index in [1.807, 2.05) is 45.0 Å². The van der Waals surface area contributed by atoms with E-state index in [1.165, 1.54) is 0 Å². The Bertz CT molecular complexity index is 579. The van der Waals surface area contributed by atoms with E-state index in [1.54, 1.807) is 0 Å². The monoisotopic (exact) mass is 292 g/mol. The van der Waals surface area contributed by atoms with E-state index in [4.69, 9.17) is 4.74 Å². The van der Waals surface area contributed by atoms with E-state index in [2.05, 4.69) is 20.8 Å². The first-order valence-corrected chi connectivity index (χ1v) is 7.14. The van der Waals surface area contributed by atoms with Crippen LogP contribution in [0.3, 0.4) is 0 Å². The average Bonchev–Trinajstić information content (AvgIpc) is 2.97. The summed E-state index contributed by atoms with van der Waals surface area (Å²) in [6, 6.07) is 7.59. The predicted octanol–water partition coefficient (Wildman–Crippen LogP) is 3.03. The number of epoxide rings is 1. The number of hydrogen-bond acceptors (Lipinski definition) is 3. The summed E-state index contributed by atoms with van der Waals surface area (Å²) in [5, 5.41) is 19.9. The van der Waals surface area contributed by atoms with Gasteiger partial charge in [-0.3, -0.25) is 0 Å². The second kappa shape index (κ2) is 4.31. The highest BCUT2D eigenvalue weighted by molar-refractivity contribution is 5.82. The van der Waals surface area contributed by atoms with Gasteiger partial charge in [0.25, 0.3) is 0 Å². The topological polar surface area (TPSA) is 70.1 Å². The minimum atomic E-state index is -2.17. The van der Waals surface area contributed by atoms with Gasteiger partial charge in [-0.1, -0.05) is 65.8 Å². The number of carboxylic acid groups (broad SMARTS) is 1. The third-order valence-electron chi connectivity index (χ3n) is 4.20. The third-order valence-corrected chi connectivity index (χ3v) is 4.20. The molecule has 2 atom stereocenters. The lowest BCUT2D eigenvalue weighted by atomic mass is 9.68. The quantitative estimate of drug-likeness (QED) is 0.822. The van der Waals surface area contributed by atoms with Crippen molar-refractivity contribution in [3.05, 3.63) is 35.4 Å². The molecule has 21 heavy (non-hydrogen) atoms. The van der Waals surface area contributed by atoms with E-state index >= 15 is 0 Å². The maximum atomic E-state index is 11.5. The highest BCUT2D eigenvalue weighted by Crippen LogP contribution is 2.65. The van der Waals surface area contributed by atoms with Crippen LogP contribution in [0, 0.1) is 5.41 Å². The molecule has 4 nitrogen and oxygen atoms in total. The molecule has 0 spiro atoms. The summed E-state index contributed by atoms with van der Waals surface area (Å²) in [4.78, 5) is 11.5. The second-order valence-electron chi connectivity index (χ2n) is 7.78. The number of carboxylic acids is 1. The molecule has 1 aromatic carbocycles. The van der Waals surface area contributed by atoms with Crippen LogP contribution in [0.4, 0.5) is 0 Å². The van der Waals surface area contributed by atoms with Gasteiger partial charge in [-0.15, -0.1) is 0 Å². The Hall–Kier alpha value is -1.39. The van der Waals surface area contributed by atoms with Gasteiger partial charge in [0.15, 0.2) is 5.60 Å². The number of rotatable bonds is 2. The molecule has 1 aliphatic rings. The van der Waals surface area contributed by atoms with Crippen molar-refractivity contribution in [3.63, 3.8) is 0 Å². The Morgan fingerprint density at radius 2 is 1.62 bits per heavy atom. The average molecular weight is 292 g/mol. The van der Waals surface area contributed by atoms with Gasteiger partial charge < -0.3 is 14.9 Å². The molecule has 0 radical (unpaired) electrons. The minimum Gasteiger partial charge on any atom is -0.477 e. The molecule has 1 heterocycles. The van der Waals surface area contributed by atoms with Crippen molar-refractivity contribution in [2.45, 2.75) is 58.3 Å². The zero-order chi connectivity index (χ0) is 16.3. The van der Waals surface area contributed by atoms with Gasteiger partial charge in [0.05, 0.1) is 0 Å². The summed E-state index contributed by atoms with van der Waals surface area (Å²) in [6.07, 6.45) is 0. The molecule has 0 saturated carbocycles. The van der Waals surface area contributed by atoms with Crippen molar-refractivity contribution >= 4 is 5.97 Å². The molecule has 2 N–H and O–H groups in total. The molecule has 1 saturated heterocycles. The van der Waals surface area contributed by atoms with Gasteiger partial charge in [0.1, 0.15) is 0 Å². The van der Waals surface area contributed by atoms with Crippen molar-refractivity contribution < 1.29 is 19.7 Å². The summed E-state index contributed by atoms with van der Waals surface area (Å²) in [6.45, 7) is 11.8. The first-order chi connectivity index (χ1) is 9.38. The zero-order valence-corrected chi connectivity index (χ0v) is 13.5. The lowest BCUT2D eigenvalue weighted by Crippen LogP contribution is -2.42. The number of ether oxygens (including phenoxy) is 1. The first kappa shape index (κ1) is 16.0. The molecule has 0 aromatic heterocycles. The normalized spacial score (nSPS) is 29.3. The fourth-order valence-electron chi connectivity index (χ4n) is 3.14. The highest BCUT2D eigenvalue weighted by Gasteiger charge is 2.81. The Labute approximate surface area is 125 Å². The summed E-state index contributed by atoms with van der Waals surface area (Å²) >= 11 is 0. The van der Waals surface area contributed by atoms with Gasteiger partial charge in [-0.25, -0.2) is 4.79 Å². The number of carbonyl (C=O) groups is 1. The van der Waals surface area contributed by atoms with E-state index < -0.39 is 22.8 Å². The van der Waals surface area contributed by atoms with Gasteiger partial charge in [-0.2, -0.15) is 0 Å². The van der Waals surface area contributed by atoms with E-state index in [9.17, 15) is 15.0 Å². The number of aliphatic carboxylic acids is 1. The summed E-state index contributed by atoms with van der Waals surface area (Å²) in [5.74, 6) is -3.52. The first-order valence-electron chi connectivity index (χ1n) is 7.14. The Morgan fingerprint density at radius 1 is 1.10 bits per heavy atom. The van der Waals surface area contributed by atoms with Gasteiger partial charge in [0.2, 0.25) is 0 Å². The van der Waals surface area contributed by atoms with Crippen LogP contribution < -0.4 is 0 Å². The molecular weight excluding hydrogens is 268 g/mol. The molecule has 4 heteroatoms. The minimum absolute atomic E-state index is 0.180. The van der Waals surface area contributed by atoms with E-state index in [0.717, 1.165) is 11.1 Å². The standard InChI is InChI=1S/C17H24O4/c1-14(2,3)11-9-7-8-10-12(11)16(15(4,5)6)17(20,21-16)13(18)19/h7-10,20H,1-6H3,(H,18,19). The Morgan fingerprint density at radius 3 is 2.00 bits per heavy atom. The fraction of sp³-hybridized carbons (Fsp3) is 0.588. The van der Waals surface area contributed by atoms with Crippen LogP contribution in [0.1, 0.15) is 52.7 Å². The van der Waals surface area contributed by atoms with Gasteiger partial charge in [-0.05, 0) is 16.5 Å². The second-order valence-corrected chi connectivity index (χ2v) is 7.78. The third kappa shape index (κ3) is 2.09. The molecule has 116 valence electrons. The summed E-state index contributed by atoms with van der Waals surface area (Å²) < 4.78 is 5.50. The fourth-order valence-corrected chi connectivity index (χ4v) is 3.14. The highest BCUT2D eigenvalue weighted by atomic mass is 16.8. The molecule has 1 aliphatic heterocycles. The van der Waals surface area contributed by atoms with Crippen LogP contribution in [-0.2, 0) is 20.5 Å². The van der Waals surface area contributed by atoms with Crippen molar-refractivity contribution in [1.82, 2.24) is 0 Å². The summed E-state index contributed by atoms with van der Waals surface area (Å²) in [7, 11) is 0. The smallest absolute Gasteiger partial charge is 0.367 e. The lowest BCUT2D eigenvalue weighted by Gasteiger charge is -2.33. The molecule has 2 unspecified atom stereocenters. The molecule has 2 rings (SSSR count). The van der Waals surface area contributed by atoms with Crippen molar-refractivity contribution in [2.75, 3.05) is 0 Å². The maximum Gasteiger partial charge on any atom is 0.367 e. The Balaban J connectivity index is 2.72. The molecule has 0 aliphatic carbocycles. The largest absolute Gasteiger partial charge is 0.477 e. The van der Waals surface area contributed by atoms with Gasteiger partial charge >= 0.3 is 11.8 Å². The van der Waals surface area contributed by atoms with E-state index in [-0.39, 0.29) is 5.41 Å². The van der Waals surface area contributed by atoms with Crippen LogP contribution >= 0.6 is 0 Å². The maximum absolute atomic E-state index is 11.5. The van der Waals surface area contributed by atoms with E-state index in [0.29, 0.717) is 0 Å². The van der Waals surface area contributed by atoms with Crippen LogP contribution in [0.25, 0.3) is 0 Å². The number of aliphatic hydroxyl groups is 1. The zero-order valence-electron chi connectivity index (χ0n) is 13.5. The molecule has 1 aromatic rings. The number of benzene rings is 1. The van der Waals surface area contributed by atoms with Crippen LogP contribution in [0.15, 0.2) is 24.3 Å². The Kier molecular flexibility index (Phi) is 3.28. The molecule has 1 fully saturated rings. The van der Waals surface area contributed by atoms with Crippen molar-refractivity contribution in [2.24, 2.45) is 5.41 Å². The van der Waals surface area contributed by atoms with Crippen molar-refractivity contribution in [3.8, 4) is 0 Å². The predicted molar refractivity (Wildman–Crippen MR) is 79.9 cm³/mol. The SMILES string of the molecule is CC(C)(C)c1ccccc1C1(C(C)(C)C)OC1(O)C(=O)O. The van der Waals surface area contributed by atoms with Crippen molar-refractivity contribution in [1.29, 1.82) is 0 Å². The summed E-state index contributed by atoms with van der Waals surface area (Å²) in [5.41, 5.74) is -0.260. The van der Waals surface area contributed by atoms with Crippen LogP contribution in [0.5, 0.6) is 0 Å². The van der Waals surface area contributed by atoms with Gasteiger partial charge in [0, 0.05) is 5.41 Å². The lowest BCUT2D eigenvalue weighted by molar-refractivity contribution is -0.158. The van der Waals surface area contributed by atoms with Crippen LogP contribution in [0.2, 0.25) is 0 Å². The van der Waals surface area contributed by atoms with Crippen LogP contribution in [-0.4, -0.2) is 22.0 Å². The number of hydrogen-bond donors (Lipinski definition) is 2. The molecule has 0 amide bonds. The molecular formula is C17H24O4.